The van der Waals surface area contributed by atoms with Crippen molar-refractivity contribution in [3.05, 3.63) is 11.1 Å². The van der Waals surface area contributed by atoms with Gasteiger partial charge in [-0.3, -0.25) is 9.79 Å². The zero-order valence-corrected chi connectivity index (χ0v) is 4.56. The Kier molecular flexibility index (Phi) is 3.32. The van der Waals surface area contributed by atoms with Crippen LogP contribution in [0.5, 0.6) is 0 Å². The van der Waals surface area contributed by atoms with E-state index in [-0.39, 0.29) is 5.70 Å². The molecule has 38 valence electrons. The summed E-state index contributed by atoms with van der Waals surface area (Å²) in [5.41, 5.74) is 0.253. The molecule has 0 aliphatic rings. The molecule has 0 radical (unpaired) electrons. The third-order valence-electron chi connectivity index (χ3n) is 0.436. The molecule has 0 aliphatic heterocycles. The van der Waals surface area contributed by atoms with Gasteiger partial charge in [-0.05, 0) is 12.1 Å². The lowest BCUT2D eigenvalue weighted by Gasteiger charge is -1.77. The van der Waals surface area contributed by atoms with Crippen molar-refractivity contribution >= 4 is 25.6 Å². The van der Waals surface area contributed by atoms with E-state index in [1.807, 2.05) is 0 Å². The lowest BCUT2D eigenvalue weighted by molar-refractivity contribution is -0.104. The minimum atomic E-state index is 0.253. The van der Waals surface area contributed by atoms with E-state index in [4.69, 9.17) is 0 Å². The van der Waals surface area contributed by atoms with E-state index in [1.54, 1.807) is 0 Å². The Labute approximate surface area is 47.4 Å². The topological polar surface area (TPSA) is 29.4 Å². The fourth-order valence-electron chi connectivity index (χ4n) is 0.109. The average Bonchev–Trinajstić information content (AvgIpc) is 1.72. The predicted octanol–water partition coefficient (Wildman–Crippen LogP) is 0.657. The molecule has 0 aliphatic carbocycles. The summed E-state index contributed by atoms with van der Waals surface area (Å²) in [6, 6.07) is 0. The first-order valence-corrected chi connectivity index (χ1v) is 2.13. The molecule has 0 saturated carbocycles. The maximum atomic E-state index is 9.72. The first kappa shape index (κ1) is 6.43. The number of hydrogen-bond acceptors (Lipinski definition) is 3. The molecule has 0 aromatic carbocycles. The van der Waals surface area contributed by atoms with Crippen molar-refractivity contribution in [2.45, 2.75) is 0 Å². The Balaban J connectivity index is 3.85. The smallest absolute Gasteiger partial charge is 0.168 e. The molecule has 0 N–H and O–H groups in total. The Morgan fingerprint density at radius 3 is 2.43 bits per heavy atom. The van der Waals surface area contributed by atoms with Gasteiger partial charge in [-0.15, -0.1) is 12.6 Å². The fourth-order valence-corrected chi connectivity index (χ4v) is 0.251. The highest BCUT2D eigenvalue weighted by Gasteiger charge is 1.79. The van der Waals surface area contributed by atoms with Crippen LogP contribution >= 0.6 is 12.6 Å². The van der Waals surface area contributed by atoms with Crippen LogP contribution in [0, 0.1) is 0 Å². The standard InChI is InChI=1S/C4H5NOS/c1-5-4(2-6)3-7/h2-3,7H,1H2/b4-3-. The van der Waals surface area contributed by atoms with Gasteiger partial charge in [-0.25, -0.2) is 0 Å². The zero-order chi connectivity index (χ0) is 5.70. The molecule has 0 rings (SSSR count). The number of allylic oxidation sites excluding steroid dienone is 1. The second-order valence-corrected chi connectivity index (χ2v) is 1.09. The monoisotopic (exact) mass is 115 g/mol. The van der Waals surface area contributed by atoms with Gasteiger partial charge < -0.3 is 0 Å². The minimum absolute atomic E-state index is 0.253. The number of carbonyl (C=O) groups excluding carboxylic acids is 1. The molecule has 0 amide bonds. The van der Waals surface area contributed by atoms with Crippen LogP contribution in [0.1, 0.15) is 0 Å². The largest absolute Gasteiger partial charge is 0.296 e. The van der Waals surface area contributed by atoms with Crippen molar-refractivity contribution in [3.63, 3.8) is 0 Å². The second kappa shape index (κ2) is 3.61. The summed E-state index contributed by atoms with van der Waals surface area (Å²) in [6.45, 7) is 3.10. The van der Waals surface area contributed by atoms with Crippen LogP contribution < -0.4 is 0 Å². The molecular weight excluding hydrogens is 110 g/mol. The maximum absolute atomic E-state index is 9.72. The van der Waals surface area contributed by atoms with Gasteiger partial charge in [0, 0.05) is 0 Å². The fraction of sp³-hybridized carbons (Fsp3) is 0. The molecule has 0 aromatic rings. The number of aldehydes is 1. The van der Waals surface area contributed by atoms with E-state index < -0.39 is 0 Å². The highest BCUT2D eigenvalue weighted by Crippen LogP contribution is 1.89. The molecule has 0 unspecified atom stereocenters. The van der Waals surface area contributed by atoms with E-state index in [1.165, 1.54) is 5.41 Å². The summed E-state index contributed by atoms with van der Waals surface area (Å²) in [5, 5.41) is 1.29. The number of carbonyl (C=O) groups is 1. The molecule has 0 aromatic heterocycles. The van der Waals surface area contributed by atoms with Crippen LogP contribution in [0.2, 0.25) is 0 Å². The van der Waals surface area contributed by atoms with E-state index >= 15 is 0 Å². The van der Waals surface area contributed by atoms with Crippen LogP contribution in [0.3, 0.4) is 0 Å². The zero-order valence-electron chi connectivity index (χ0n) is 3.66. The van der Waals surface area contributed by atoms with Crippen molar-refractivity contribution in [1.82, 2.24) is 0 Å². The Hall–Kier alpha value is -0.570. The summed E-state index contributed by atoms with van der Waals surface area (Å²) in [4.78, 5) is 13.0. The van der Waals surface area contributed by atoms with E-state index in [9.17, 15) is 4.79 Å². The molecule has 7 heavy (non-hydrogen) atoms. The third kappa shape index (κ3) is 2.17. The summed E-state index contributed by atoms with van der Waals surface area (Å²) in [5.74, 6) is 0. The Morgan fingerprint density at radius 2 is 2.43 bits per heavy atom. The Bertz CT molecular complexity index is 98.3. The summed E-state index contributed by atoms with van der Waals surface area (Å²) in [6.07, 6.45) is 0.583. The lowest BCUT2D eigenvalue weighted by Crippen LogP contribution is -1.72. The number of nitrogens with zero attached hydrogens (tertiary/aromatic N) is 1. The molecule has 0 spiro atoms. The van der Waals surface area contributed by atoms with Gasteiger partial charge in [0.2, 0.25) is 0 Å². The van der Waals surface area contributed by atoms with Crippen molar-refractivity contribution < 1.29 is 4.79 Å². The minimum Gasteiger partial charge on any atom is -0.296 e. The molecular formula is C4H5NOS. The van der Waals surface area contributed by atoms with Crippen LogP contribution in [0.25, 0.3) is 0 Å². The van der Waals surface area contributed by atoms with Gasteiger partial charge in [0.25, 0.3) is 0 Å². The third-order valence-corrected chi connectivity index (χ3v) is 0.700. The van der Waals surface area contributed by atoms with Crippen molar-refractivity contribution in [3.8, 4) is 0 Å². The summed E-state index contributed by atoms with van der Waals surface area (Å²) in [7, 11) is 0. The van der Waals surface area contributed by atoms with Gasteiger partial charge in [0.1, 0.15) is 5.70 Å². The molecule has 2 nitrogen and oxygen atoms in total. The van der Waals surface area contributed by atoms with Gasteiger partial charge in [-0.1, -0.05) is 0 Å². The van der Waals surface area contributed by atoms with Crippen LogP contribution in [-0.2, 0) is 4.79 Å². The SMILES string of the molecule is C=N/C(C=O)=C\S. The molecule has 0 atom stereocenters. The molecule has 0 bridgehead atoms. The van der Waals surface area contributed by atoms with Crippen molar-refractivity contribution in [2.75, 3.05) is 0 Å². The highest BCUT2D eigenvalue weighted by atomic mass is 32.1. The first-order valence-electron chi connectivity index (χ1n) is 1.61. The number of rotatable bonds is 2. The van der Waals surface area contributed by atoms with Gasteiger partial charge >= 0.3 is 0 Å². The maximum Gasteiger partial charge on any atom is 0.168 e. The molecule has 0 heterocycles. The Morgan fingerprint density at radius 1 is 1.86 bits per heavy atom. The normalized spacial score (nSPS) is 10.7. The van der Waals surface area contributed by atoms with Gasteiger partial charge in [-0.2, -0.15) is 0 Å². The second-order valence-electron chi connectivity index (χ2n) is 0.830. The van der Waals surface area contributed by atoms with Gasteiger partial charge in [0.15, 0.2) is 6.29 Å². The van der Waals surface area contributed by atoms with E-state index in [0.717, 1.165) is 0 Å². The quantitative estimate of drug-likeness (QED) is 0.243. The number of aliphatic imine (C=N–C) groups is 1. The van der Waals surface area contributed by atoms with Gasteiger partial charge in [0.05, 0.1) is 0 Å². The van der Waals surface area contributed by atoms with Crippen molar-refractivity contribution in [2.24, 2.45) is 4.99 Å². The molecule has 0 fully saturated rings. The van der Waals surface area contributed by atoms with E-state index in [0.29, 0.717) is 6.29 Å². The highest BCUT2D eigenvalue weighted by molar-refractivity contribution is 7.83. The summed E-state index contributed by atoms with van der Waals surface area (Å²) < 4.78 is 0. The molecule has 3 heteroatoms. The lowest BCUT2D eigenvalue weighted by atomic mass is 10.6. The van der Waals surface area contributed by atoms with Crippen LogP contribution in [0.15, 0.2) is 16.1 Å². The molecule has 0 saturated heterocycles. The van der Waals surface area contributed by atoms with Crippen molar-refractivity contribution in [1.29, 1.82) is 0 Å². The number of thiol groups is 1. The summed E-state index contributed by atoms with van der Waals surface area (Å²) >= 11 is 3.65. The predicted molar refractivity (Wildman–Crippen MR) is 32.7 cm³/mol. The van der Waals surface area contributed by atoms with E-state index in [2.05, 4.69) is 24.3 Å². The average molecular weight is 115 g/mol. The van der Waals surface area contributed by atoms with Crippen LogP contribution in [-0.4, -0.2) is 13.0 Å². The number of hydrogen-bond donors (Lipinski definition) is 1. The van der Waals surface area contributed by atoms with Crippen LogP contribution in [0.4, 0.5) is 0 Å². The first-order chi connectivity index (χ1) is 3.35.